The highest BCUT2D eigenvalue weighted by atomic mass is 127. The van der Waals surface area contributed by atoms with E-state index < -0.39 is 0 Å². The highest BCUT2D eigenvalue weighted by molar-refractivity contribution is 14.0. The molecule has 0 bridgehead atoms. The molecule has 1 aromatic rings. The highest BCUT2D eigenvalue weighted by Gasteiger charge is 2.01. The number of pyridine rings is 1. The Morgan fingerprint density at radius 3 is 2.94 bits per heavy atom. The third-order valence-corrected chi connectivity index (χ3v) is 1.98. The summed E-state index contributed by atoms with van der Waals surface area (Å²) in [6.45, 7) is 7.13. The zero-order valence-electron chi connectivity index (χ0n) is 10.3. The largest absolute Gasteiger partial charge is 0.357 e. The molecule has 0 saturated heterocycles. The Labute approximate surface area is 124 Å². The Hall–Kier alpha value is -1.18. The molecular formula is C12H18FIN4. The van der Waals surface area contributed by atoms with Crippen LogP contribution in [-0.4, -0.2) is 24.0 Å². The molecule has 0 aliphatic rings. The molecule has 0 fully saturated rings. The van der Waals surface area contributed by atoms with Gasteiger partial charge in [0.15, 0.2) is 5.96 Å². The molecule has 2 N–H and O–H groups in total. The van der Waals surface area contributed by atoms with E-state index in [1.54, 1.807) is 18.3 Å². The van der Waals surface area contributed by atoms with Gasteiger partial charge in [0, 0.05) is 19.3 Å². The third-order valence-electron chi connectivity index (χ3n) is 1.98. The van der Waals surface area contributed by atoms with Gasteiger partial charge in [0.1, 0.15) is 5.82 Å². The summed E-state index contributed by atoms with van der Waals surface area (Å²) >= 11 is 0. The normalized spacial score (nSPS) is 10.4. The fourth-order valence-electron chi connectivity index (χ4n) is 1.20. The topological polar surface area (TPSA) is 49.3 Å². The SMILES string of the molecule is C=CCNC(=NCc1ncccc1F)NCC.I. The lowest BCUT2D eigenvalue weighted by Gasteiger charge is -2.09. The van der Waals surface area contributed by atoms with Gasteiger partial charge in [-0.2, -0.15) is 0 Å². The molecule has 1 aromatic heterocycles. The Bertz CT molecular complexity index is 395. The molecule has 1 heterocycles. The average molecular weight is 364 g/mol. The lowest BCUT2D eigenvalue weighted by Crippen LogP contribution is -2.37. The van der Waals surface area contributed by atoms with Crippen LogP contribution in [0, 0.1) is 5.82 Å². The fraction of sp³-hybridized carbons (Fsp3) is 0.333. The fourth-order valence-corrected chi connectivity index (χ4v) is 1.20. The molecule has 0 radical (unpaired) electrons. The summed E-state index contributed by atoms with van der Waals surface area (Å²) in [5.74, 6) is 0.285. The van der Waals surface area contributed by atoms with Crippen molar-refractivity contribution in [2.24, 2.45) is 4.99 Å². The van der Waals surface area contributed by atoms with Gasteiger partial charge in [-0.1, -0.05) is 6.08 Å². The first kappa shape index (κ1) is 16.8. The van der Waals surface area contributed by atoms with Crippen LogP contribution in [0.3, 0.4) is 0 Å². The molecule has 100 valence electrons. The first-order valence-electron chi connectivity index (χ1n) is 5.50. The second kappa shape index (κ2) is 9.81. The molecule has 4 nitrogen and oxygen atoms in total. The molecule has 0 atom stereocenters. The van der Waals surface area contributed by atoms with E-state index >= 15 is 0 Å². The van der Waals surface area contributed by atoms with Gasteiger partial charge in [0.05, 0.1) is 12.2 Å². The van der Waals surface area contributed by atoms with E-state index in [1.807, 2.05) is 6.92 Å². The minimum absolute atomic E-state index is 0. The summed E-state index contributed by atoms with van der Waals surface area (Å²) < 4.78 is 13.3. The van der Waals surface area contributed by atoms with Gasteiger partial charge in [0.25, 0.3) is 0 Å². The second-order valence-corrected chi connectivity index (χ2v) is 3.30. The summed E-state index contributed by atoms with van der Waals surface area (Å²) in [5.41, 5.74) is 0.336. The number of halogens is 2. The summed E-state index contributed by atoms with van der Waals surface area (Å²) in [7, 11) is 0. The van der Waals surface area contributed by atoms with Gasteiger partial charge in [-0.05, 0) is 19.1 Å². The summed E-state index contributed by atoms with van der Waals surface area (Å²) in [6.07, 6.45) is 3.28. The van der Waals surface area contributed by atoms with E-state index in [2.05, 4.69) is 27.2 Å². The van der Waals surface area contributed by atoms with Crippen molar-refractivity contribution < 1.29 is 4.39 Å². The Morgan fingerprint density at radius 1 is 1.56 bits per heavy atom. The Balaban J connectivity index is 0.00000289. The van der Waals surface area contributed by atoms with Crippen molar-refractivity contribution in [3.8, 4) is 0 Å². The maximum absolute atomic E-state index is 13.3. The van der Waals surface area contributed by atoms with E-state index in [1.165, 1.54) is 6.07 Å². The van der Waals surface area contributed by atoms with E-state index in [4.69, 9.17) is 0 Å². The molecule has 0 spiro atoms. The third kappa shape index (κ3) is 5.95. The minimum atomic E-state index is -0.337. The van der Waals surface area contributed by atoms with Crippen molar-refractivity contribution in [2.75, 3.05) is 13.1 Å². The molecule has 0 saturated carbocycles. The zero-order valence-corrected chi connectivity index (χ0v) is 12.6. The monoisotopic (exact) mass is 364 g/mol. The maximum Gasteiger partial charge on any atom is 0.191 e. The lowest BCUT2D eigenvalue weighted by atomic mass is 10.3. The van der Waals surface area contributed by atoms with E-state index in [0.717, 1.165) is 6.54 Å². The van der Waals surface area contributed by atoms with Gasteiger partial charge in [-0.25, -0.2) is 9.38 Å². The van der Waals surface area contributed by atoms with Crippen molar-refractivity contribution in [3.63, 3.8) is 0 Å². The lowest BCUT2D eigenvalue weighted by molar-refractivity contribution is 0.599. The van der Waals surface area contributed by atoms with Crippen LogP contribution in [0.15, 0.2) is 36.0 Å². The van der Waals surface area contributed by atoms with Crippen LogP contribution in [0.5, 0.6) is 0 Å². The standard InChI is InChI=1S/C12H17FN4.HI/c1-3-7-16-12(14-4-2)17-9-11-10(13)6-5-8-15-11;/h3,5-6,8H,1,4,7,9H2,2H3,(H2,14,16,17);1H. The van der Waals surface area contributed by atoms with Crippen LogP contribution in [0.2, 0.25) is 0 Å². The van der Waals surface area contributed by atoms with Crippen molar-refractivity contribution in [1.82, 2.24) is 15.6 Å². The number of nitrogens with one attached hydrogen (secondary N) is 2. The molecule has 18 heavy (non-hydrogen) atoms. The van der Waals surface area contributed by atoms with Crippen LogP contribution in [0.4, 0.5) is 4.39 Å². The minimum Gasteiger partial charge on any atom is -0.357 e. The van der Waals surface area contributed by atoms with Crippen LogP contribution in [0.25, 0.3) is 0 Å². The molecule has 0 aliphatic carbocycles. The predicted molar refractivity (Wildman–Crippen MR) is 82.6 cm³/mol. The van der Waals surface area contributed by atoms with Gasteiger partial charge in [0.2, 0.25) is 0 Å². The average Bonchev–Trinajstić information content (AvgIpc) is 2.34. The second-order valence-electron chi connectivity index (χ2n) is 3.30. The van der Waals surface area contributed by atoms with Crippen LogP contribution in [-0.2, 0) is 6.54 Å². The van der Waals surface area contributed by atoms with Gasteiger partial charge in [-0.3, -0.25) is 4.98 Å². The first-order valence-corrected chi connectivity index (χ1v) is 5.50. The molecule has 0 aliphatic heterocycles. The van der Waals surface area contributed by atoms with Gasteiger partial charge < -0.3 is 10.6 Å². The van der Waals surface area contributed by atoms with E-state index in [0.29, 0.717) is 18.2 Å². The number of aliphatic imine (C=N–C) groups is 1. The molecule has 0 unspecified atom stereocenters. The predicted octanol–water partition coefficient (Wildman–Crippen LogP) is 2.08. The molecule has 1 rings (SSSR count). The number of guanidine groups is 1. The van der Waals surface area contributed by atoms with Crippen LogP contribution >= 0.6 is 24.0 Å². The summed E-state index contributed by atoms with van der Waals surface area (Å²) in [5, 5.41) is 6.08. The smallest absolute Gasteiger partial charge is 0.191 e. The molecule has 6 heteroatoms. The van der Waals surface area contributed by atoms with Crippen molar-refractivity contribution >= 4 is 29.9 Å². The van der Waals surface area contributed by atoms with E-state index in [-0.39, 0.29) is 36.3 Å². The number of aromatic nitrogens is 1. The van der Waals surface area contributed by atoms with Crippen molar-refractivity contribution in [3.05, 3.63) is 42.5 Å². The van der Waals surface area contributed by atoms with E-state index in [9.17, 15) is 4.39 Å². The Kier molecular flexibility index (Phi) is 9.17. The van der Waals surface area contributed by atoms with Crippen molar-refractivity contribution in [2.45, 2.75) is 13.5 Å². The number of rotatable bonds is 5. The maximum atomic E-state index is 13.3. The number of nitrogens with zero attached hydrogens (tertiary/aromatic N) is 2. The van der Waals surface area contributed by atoms with Crippen LogP contribution < -0.4 is 10.6 Å². The Morgan fingerprint density at radius 2 is 2.33 bits per heavy atom. The van der Waals surface area contributed by atoms with Gasteiger partial charge >= 0.3 is 0 Å². The van der Waals surface area contributed by atoms with Crippen molar-refractivity contribution in [1.29, 1.82) is 0 Å². The number of hydrogen-bond acceptors (Lipinski definition) is 2. The summed E-state index contributed by atoms with van der Waals surface area (Å²) in [6, 6.07) is 2.94. The van der Waals surface area contributed by atoms with Gasteiger partial charge in [-0.15, -0.1) is 30.6 Å². The molecular weight excluding hydrogens is 346 g/mol. The highest BCUT2D eigenvalue weighted by Crippen LogP contribution is 2.03. The quantitative estimate of drug-likeness (QED) is 0.364. The molecule has 0 aromatic carbocycles. The first-order chi connectivity index (χ1) is 8.27. The zero-order chi connectivity index (χ0) is 12.5. The van der Waals surface area contributed by atoms with Crippen LogP contribution in [0.1, 0.15) is 12.6 Å². The molecule has 0 amide bonds. The number of hydrogen-bond donors (Lipinski definition) is 2. The summed E-state index contributed by atoms with van der Waals surface area (Å²) in [4.78, 5) is 8.16.